The number of anilines is 1. The van der Waals surface area contributed by atoms with E-state index in [9.17, 15) is 14.4 Å². The summed E-state index contributed by atoms with van der Waals surface area (Å²) in [7, 11) is 0. The van der Waals surface area contributed by atoms with Crippen LogP contribution >= 0.6 is 11.3 Å². The zero-order chi connectivity index (χ0) is 18.0. The van der Waals surface area contributed by atoms with Crippen molar-refractivity contribution in [3.8, 4) is 0 Å². The van der Waals surface area contributed by atoms with Gasteiger partial charge in [0.25, 0.3) is 0 Å². The summed E-state index contributed by atoms with van der Waals surface area (Å²) in [5, 5.41) is 0.474. The van der Waals surface area contributed by atoms with Gasteiger partial charge in [0.2, 0.25) is 5.91 Å². The number of esters is 1. The van der Waals surface area contributed by atoms with Crippen LogP contribution in [0, 0.1) is 6.92 Å². The molecule has 3 heterocycles. The van der Waals surface area contributed by atoms with Crippen LogP contribution in [0.2, 0.25) is 0 Å². The Labute approximate surface area is 150 Å². The number of likely N-dealkylation sites (tertiary alicyclic amines) is 1. The molecule has 0 saturated carbocycles. The van der Waals surface area contributed by atoms with Gasteiger partial charge in [-0.3, -0.25) is 9.69 Å². The fraction of sp³-hybridized carbons (Fsp3) is 0.625. The predicted molar refractivity (Wildman–Crippen MR) is 92.9 cm³/mol. The van der Waals surface area contributed by atoms with Gasteiger partial charge in [0.15, 0.2) is 5.13 Å². The van der Waals surface area contributed by atoms with Crippen molar-refractivity contribution in [2.24, 2.45) is 0 Å². The standard InChI is InChI=1S/C16H22N4O4S/c1-3-24-14(22)13-11(2)17-15(25-13)20-9-8-19(16(20)23)10-12(21)18-6-4-5-7-18/h3-10H2,1-2H3. The maximum Gasteiger partial charge on any atom is 0.350 e. The van der Waals surface area contributed by atoms with Crippen molar-refractivity contribution in [1.29, 1.82) is 0 Å². The van der Waals surface area contributed by atoms with E-state index >= 15 is 0 Å². The molecule has 136 valence electrons. The molecule has 2 aliphatic rings. The van der Waals surface area contributed by atoms with Gasteiger partial charge < -0.3 is 14.5 Å². The Hall–Kier alpha value is -2.16. The zero-order valence-corrected chi connectivity index (χ0v) is 15.3. The summed E-state index contributed by atoms with van der Waals surface area (Å²) in [6.45, 7) is 6.35. The topological polar surface area (TPSA) is 83.0 Å². The smallest absolute Gasteiger partial charge is 0.350 e. The predicted octanol–water partition coefficient (Wildman–Crippen LogP) is 1.49. The minimum absolute atomic E-state index is 0.00441. The number of rotatable bonds is 5. The highest BCUT2D eigenvalue weighted by Gasteiger charge is 2.34. The van der Waals surface area contributed by atoms with Gasteiger partial charge >= 0.3 is 12.0 Å². The Morgan fingerprint density at radius 2 is 1.92 bits per heavy atom. The van der Waals surface area contributed by atoms with E-state index in [0.717, 1.165) is 37.3 Å². The minimum Gasteiger partial charge on any atom is -0.462 e. The SMILES string of the molecule is CCOC(=O)c1sc(N2CCN(CC(=O)N3CCCC3)C2=O)nc1C. The summed E-state index contributed by atoms with van der Waals surface area (Å²) in [5.74, 6) is -0.424. The fourth-order valence-corrected chi connectivity index (χ4v) is 4.00. The molecule has 0 spiro atoms. The van der Waals surface area contributed by atoms with Crippen molar-refractivity contribution < 1.29 is 19.1 Å². The summed E-state index contributed by atoms with van der Waals surface area (Å²) in [4.78, 5) is 46.4. The Kier molecular flexibility index (Phi) is 5.22. The van der Waals surface area contributed by atoms with Crippen LogP contribution < -0.4 is 4.90 Å². The van der Waals surface area contributed by atoms with Gasteiger partial charge in [0, 0.05) is 26.2 Å². The number of nitrogens with zero attached hydrogens (tertiary/aromatic N) is 4. The molecule has 0 N–H and O–H groups in total. The number of hydrogen-bond acceptors (Lipinski definition) is 6. The maximum atomic E-state index is 12.6. The average Bonchev–Trinajstić information content (AvgIpc) is 3.29. The molecule has 2 fully saturated rings. The quantitative estimate of drug-likeness (QED) is 0.738. The third kappa shape index (κ3) is 3.60. The Morgan fingerprint density at radius 3 is 2.60 bits per heavy atom. The lowest BCUT2D eigenvalue weighted by molar-refractivity contribution is -0.130. The molecule has 25 heavy (non-hydrogen) atoms. The van der Waals surface area contributed by atoms with Gasteiger partial charge in [-0.25, -0.2) is 14.6 Å². The van der Waals surface area contributed by atoms with Crippen LogP contribution in [0.1, 0.15) is 35.1 Å². The highest BCUT2D eigenvalue weighted by atomic mass is 32.1. The van der Waals surface area contributed by atoms with E-state index in [0.29, 0.717) is 35.4 Å². The number of carbonyl (C=O) groups excluding carboxylic acids is 3. The Morgan fingerprint density at radius 1 is 1.20 bits per heavy atom. The molecule has 9 heteroatoms. The zero-order valence-electron chi connectivity index (χ0n) is 14.5. The van der Waals surface area contributed by atoms with Gasteiger partial charge in [-0.2, -0.15) is 0 Å². The first-order valence-corrected chi connectivity index (χ1v) is 9.31. The molecule has 0 radical (unpaired) electrons. The normalized spacial score (nSPS) is 17.5. The largest absolute Gasteiger partial charge is 0.462 e. The van der Waals surface area contributed by atoms with E-state index in [-0.39, 0.29) is 18.5 Å². The van der Waals surface area contributed by atoms with Gasteiger partial charge in [-0.1, -0.05) is 11.3 Å². The first kappa shape index (κ1) is 17.7. The van der Waals surface area contributed by atoms with Crippen molar-refractivity contribution in [2.45, 2.75) is 26.7 Å². The molecule has 3 rings (SSSR count). The van der Waals surface area contributed by atoms with Crippen molar-refractivity contribution in [3.05, 3.63) is 10.6 Å². The molecule has 3 amide bonds. The fourth-order valence-electron chi connectivity index (χ4n) is 3.02. The summed E-state index contributed by atoms with van der Waals surface area (Å²) in [5.41, 5.74) is 0.554. The van der Waals surface area contributed by atoms with Gasteiger partial charge in [0.05, 0.1) is 12.3 Å². The van der Waals surface area contributed by atoms with Crippen LogP contribution in [-0.4, -0.2) is 72.0 Å². The molecule has 0 unspecified atom stereocenters. The molecular formula is C16H22N4O4S. The van der Waals surface area contributed by atoms with Crippen LogP contribution in [0.5, 0.6) is 0 Å². The number of urea groups is 1. The van der Waals surface area contributed by atoms with Gasteiger partial charge in [-0.15, -0.1) is 0 Å². The second-order valence-corrected chi connectivity index (χ2v) is 7.05. The number of thiazole rings is 1. The number of aryl methyl sites for hydroxylation is 1. The monoisotopic (exact) mass is 366 g/mol. The highest BCUT2D eigenvalue weighted by molar-refractivity contribution is 7.17. The third-order valence-corrected chi connectivity index (χ3v) is 5.52. The maximum absolute atomic E-state index is 12.6. The van der Waals surface area contributed by atoms with Gasteiger partial charge in [-0.05, 0) is 26.7 Å². The molecule has 1 aromatic heterocycles. The molecule has 0 bridgehead atoms. The van der Waals surface area contributed by atoms with Crippen LogP contribution in [0.25, 0.3) is 0 Å². The lowest BCUT2D eigenvalue weighted by Crippen LogP contribution is -2.41. The number of hydrogen-bond donors (Lipinski definition) is 0. The van der Waals surface area contributed by atoms with Crippen LogP contribution in [0.4, 0.5) is 9.93 Å². The molecular weight excluding hydrogens is 344 g/mol. The third-order valence-electron chi connectivity index (χ3n) is 4.36. The summed E-state index contributed by atoms with van der Waals surface area (Å²) in [6, 6.07) is -0.239. The first-order chi connectivity index (χ1) is 12.0. The minimum atomic E-state index is -0.420. The number of carbonyl (C=O) groups is 3. The van der Waals surface area contributed by atoms with E-state index < -0.39 is 5.97 Å². The van der Waals surface area contributed by atoms with E-state index in [1.807, 2.05) is 4.90 Å². The first-order valence-electron chi connectivity index (χ1n) is 8.50. The second kappa shape index (κ2) is 7.38. The molecule has 8 nitrogen and oxygen atoms in total. The Bertz CT molecular complexity index is 684. The number of aromatic nitrogens is 1. The van der Waals surface area contributed by atoms with E-state index in [1.54, 1.807) is 18.7 Å². The lowest BCUT2D eigenvalue weighted by atomic mass is 10.4. The van der Waals surface area contributed by atoms with Crippen LogP contribution in [0.15, 0.2) is 0 Å². The summed E-state index contributed by atoms with van der Waals surface area (Å²) < 4.78 is 5.01. The number of amides is 3. The summed E-state index contributed by atoms with van der Waals surface area (Å²) in [6.07, 6.45) is 2.06. The molecule has 2 saturated heterocycles. The second-order valence-electron chi connectivity index (χ2n) is 6.08. The molecule has 0 atom stereocenters. The van der Waals surface area contributed by atoms with E-state index in [4.69, 9.17) is 4.74 Å². The molecule has 1 aromatic rings. The lowest BCUT2D eigenvalue weighted by Gasteiger charge is -2.20. The van der Waals surface area contributed by atoms with Crippen molar-refractivity contribution in [2.75, 3.05) is 44.2 Å². The van der Waals surface area contributed by atoms with E-state index in [1.165, 1.54) is 4.90 Å². The number of ether oxygens (including phenoxy) is 1. The average molecular weight is 366 g/mol. The highest BCUT2D eigenvalue weighted by Crippen LogP contribution is 2.29. The van der Waals surface area contributed by atoms with Crippen LogP contribution in [-0.2, 0) is 9.53 Å². The molecule has 0 aliphatic carbocycles. The molecule has 0 aromatic carbocycles. The van der Waals surface area contributed by atoms with Gasteiger partial charge in [0.1, 0.15) is 11.4 Å². The van der Waals surface area contributed by atoms with Crippen molar-refractivity contribution in [1.82, 2.24) is 14.8 Å². The van der Waals surface area contributed by atoms with E-state index in [2.05, 4.69) is 4.98 Å². The van der Waals surface area contributed by atoms with Crippen LogP contribution in [0.3, 0.4) is 0 Å². The molecule has 2 aliphatic heterocycles. The Balaban J connectivity index is 1.66. The van der Waals surface area contributed by atoms with Crippen molar-refractivity contribution in [3.63, 3.8) is 0 Å². The van der Waals surface area contributed by atoms with Crippen molar-refractivity contribution >= 4 is 34.4 Å². The summed E-state index contributed by atoms with van der Waals surface area (Å²) >= 11 is 1.15.